The van der Waals surface area contributed by atoms with E-state index < -0.39 is 0 Å². The molecule has 6 N–H and O–H groups in total. The van der Waals surface area contributed by atoms with Gasteiger partial charge in [-0.05, 0) is 12.1 Å². The fourth-order valence-electron chi connectivity index (χ4n) is 1.07. The Labute approximate surface area is 75.2 Å². The normalized spacial score (nSPS) is 19.8. The van der Waals surface area contributed by atoms with E-state index >= 15 is 0 Å². The standard InChI is InChI=1S/C8H11N3O2/c9-7-4(11-6-3-10-6)1-2-5(12)8(7)13/h1-2,6,10-13H,3,9H2. The number of nitrogens with two attached hydrogens (primary N) is 1. The van der Waals surface area contributed by atoms with Crippen LogP contribution >= 0.6 is 0 Å². The van der Waals surface area contributed by atoms with Crippen LogP contribution in [-0.2, 0) is 0 Å². The minimum absolute atomic E-state index is 0.175. The van der Waals surface area contributed by atoms with Crippen LogP contribution in [0.2, 0.25) is 0 Å². The van der Waals surface area contributed by atoms with E-state index in [9.17, 15) is 5.11 Å². The van der Waals surface area contributed by atoms with Gasteiger partial charge in [-0.25, -0.2) is 0 Å². The van der Waals surface area contributed by atoms with Gasteiger partial charge in [0.25, 0.3) is 0 Å². The summed E-state index contributed by atoms with van der Waals surface area (Å²) in [5.74, 6) is -0.475. The van der Waals surface area contributed by atoms with Crippen LogP contribution in [0.1, 0.15) is 0 Å². The summed E-state index contributed by atoms with van der Waals surface area (Å²) >= 11 is 0. The smallest absolute Gasteiger partial charge is 0.183 e. The van der Waals surface area contributed by atoms with Gasteiger partial charge in [0.15, 0.2) is 11.5 Å². The van der Waals surface area contributed by atoms with Gasteiger partial charge in [0.2, 0.25) is 0 Å². The van der Waals surface area contributed by atoms with Gasteiger partial charge in [0.1, 0.15) is 5.69 Å². The van der Waals surface area contributed by atoms with Crippen molar-refractivity contribution < 1.29 is 10.2 Å². The van der Waals surface area contributed by atoms with Crippen LogP contribution in [0.5, 0.6) is 11.5 Å². The number of hydrogen-bond donors (Lipinski definition) is 5. The van der Waals surface area contributed by atoms with Crippen LogP contribution in [-0.4, -0.2) is 22.9 Å². The van der Waals surface area contributed by atoms with Crippen LogP contribution in [0.4, 0.5) is 11.4 Å². The average molecular weight is 181 g/mol. The first-order valence-corrected chi connectivity index (χ1v) is 3.99. The first-order valence-electron chi connectivity index (χ1n) is 3.99. The SMILES string of the molecule is Nc1c(NC2CN2)ccc(O)c1O. The van der Waals surface area contributed by atoms with E-state index in [1.165, 1.54) is 6.07 Å². The number of nitrogen functional groups attached to an aromatic ring is 1. The van der Waals surface area contributed by atoms with Crippen molar-refractivity contribution in [3.63, 3.8) is 0 Å². The largest absolute Gasteiger partial charge is 0.504 e. The van der Waals surface area contributed by atoms with Gasteiger partial charge in [-0.15, -0.1) is 0 Å². The number of benzene rings is 1. The highest BCUT2D eigenvalue weighted by molar-refractivity contribution is 5.76. The van der Waals surface area contributed by atoms with Crippen molar-refractivity contribution in [2.24, 2.45) is 0 Å². The molecule has 1 fully saturated rings. The summed E-state index contributed by atoms with van der Waals surface area (Å²) in [7, 11) is 0. The van der Waals surface area contributed by atoms with Crippen LogP contribution in [0.25, 0.3) is 0 Å². The third kappa shape index (κ3) is 1.46. The fraction of sp³-hybridized carbons (Fsp3) is 0.250. The van der Waals surface area contributed by atoms with Crippen molar-refractivity contribution in [1.82, 2.24) is 5.32 Å². The molecule has 0 aromatic heterocycles. The zero-order valence-corrected chi connectivity index (χ0v) is 6.91. The van der Waals surface area contributed by atoms with Gasteiger partial charge >= 0.3 is 0 Å². The van der Waals surface area contributed by atoms with Crippen molar-refractivity contribution >= 4 is 11.4 Å². The minimum Gasteiger partial charge on any atom is -0.504 e. The van der Waals surface area contributed by atoms with Gasteiger partial charge in [-0.3, -0.25) is 5.32 Å². The van der Waals surface area contributed by atoms with E-state index in [1.54, 1.807) is 6.07 Å². The molecule has 0 saturated carbocycles. The Bertz CT molecular complexity index is 336. The molecular formula is C8H11N3O2. The van der Waals surface area contributed by atoms with Crippen molar-refractivity contribution in [3.05, 3.63) is 12.1 Å². The molecule has 0 aliphatic carbocycles. The molecular weight excluding hydrogens is 170 g/mol. The summed E-state index contributed by atoms with van der Waals surface area (Å²) in [6, 6.07) is 3.03. The Balaban J connectivity index is 2.29. The zero-order valence-electron chi connectivity index (χ0n) is 6.91. The molecule has 1 aliphatic heterocycles. The van der Waals surface area contributed by atoms with E-state index in [-0.39, 0.29) is 23.4 Å². The Morgan fingerprint density at radius 1 is 1.46 bits per heavy atom. The van der Waals surface area contributed by atoms with Gasteiger partial charge in [0.05, 0.1) is 11.9 Å². The molecule has 0 spiro atoms. The lowest BCUT2D eigenvalue weighted by atomic mass is 10.2. The van der Waals surface area contributed by atoms with E-state index in [4.69, 9.17) is 10.8 Å². The van der Waals surface area contributed by atoms with Crippen LogP contribution in [0.3, 0.4) is 0 Å². The van der Waals surface area contributed by atoms with Gasteiger partial charge in [0, 0.05) is 6.54 Å². The van der Waals surface area contributed by atoms with Gasteiger partial charge < -0.3 is 21.3 Å². The molecule has 5 heteroatoms. The molecule has 1 aliphatic rings. The fourth-order valence-corrected chi connectivity index (χ4v) is 1.07. The Morgan fingerprint density at radius 2 is 2.15 bits per heavy atom. The predicted octanol–water partition coefficient (Wildman–Crippen LogP) is 0.0212. The minimum atomic E-state index is -0.273. The summed E-state index contributed by atoms with van der Waals surface area (Å²) in [5.41, 5.74) is 6.36. The van der Waals surface area contributed by atoms with Crippen molar-refractivity contribution in [3.8, 4) is 11.5 Å². The molecule has 13 heavy (non-hydrogen) atoms. The number of aromatic hydroxyl groups is 2. The second kappa shape index (κ2) is 2.70. The molecule has 1 unspecified atom stereocenters. The van der Waals surface area contributed by atoms with Crippen LogP contribution in [0.15, 0.2) is 12.1 Å². The maximum absolute atomic E-state index is 9.29. The van der Waals surface area contributed by atoms with E-state index in [0.29, 0.717) is 5.69 Å². The molecule has 1 heterocycles. The Hall–Kier alpha value is -1.62. The molecule has 5 nitrogen and oxygen atoms in total. The summed E-state index contributed by atoms with van der Waals surface area (Å²) < 4.78 is 0. The van der Waals surface area contributed by atoms with Crippen molar-refractivity contribution in [2.45, 2.75) is 6.17 Å². The maximum atomic E-state index is 9.29. The van der Waals surface area contributed by atoms with Gasteiger partial charge in [-0.1, -0.05) is 0 Å². The topological polar surface area (TPSA) is 100 Å². The number of phenols is 2. The Morgan fingerprint density at radius 3 is 2.77 bits per heavy atom. The number of phenolic OH excluding ortho intramolecular Hbond substituents is 2. The lowest BCUT2D eigenvalue weighted by molar-refractivity contribution is 0.406. The molecule has 2 rings (SSSR count). The quantitative estimate of drug-likeness (QED) is 0.192. The summed E-state index contributed by atoms with van der Waals surface area (Å²) in [6.07, 6.45) is 0.228. The molecule has 1 aromatic carbocycles. The number of rotatable bonds is 2. The van der Waals surface area contributed by atoms with E-state index in [0.717, 1.165) is 6.54 Å². The summed E-state index contributed by atoms with van der Waals surface area (Å²) in [4.78, 5) is 0. The lowest BCUT2D eigenvalue weighted by Gasteiger charge is -2.09. The first kappa shape index (κ1) is 8.00. The molecule has 0 radical (unpaired) electrons. The van der Waals surface area contributed by atoms with Gasteiger partial charge in [-0.2, -0.15) is 0 Å². The molecule has 1 aromatic rings. The highest BCUT2D eigenvalue weighted by atomic mass is 16.3. The summed E-state index contributed by atoms with van der Waals surface area (Å²) in [6.45, 7) is 0.890. The van der Waals surface area contributed by atoms with E-state index in [2.05, 4.69) is 10.6 Å². The molecule has 0 amide bonds. The number of hydrogen-bond acceptors (Lipinski definition) is 5. The third-order valence-corrected chi connectivity index (χ3v) is 1.93. The maximum Gasteiger partial charge on any atom is 0.183 e. The lowest BCUT2D eigenvalue weighted by Crippen LogP contribution is -2.08. The monoisotopic (exact) mass is 181 g/mol. The second-order valence-corrected chi connectivity index (χ2v) is 3.00. The highest BCUT2D eigenvalue weighted by Gasteiger charge is 2.21. The Kier molecular flexibility index (Phi) is 1.66. The predicted molar refractivity (Wildman–Crippen MR) is 49.6 cm³/mol. The van der Waals surface area contributed by atoms with Crippen molar-refractivity contribution in [2.75, 3.05) is 17.6 Å². The molecule has 0 bridgehead atoms. The average Bonchev–Trinajstić information content (AvgIpc) is 2.90. The summed E-state index contributed by atoms with van der Waals surface area (Å²) in [5, 5.41) is 24.5. The molecule has 1 atom stereocenters. The van der Waals surface area contributed by atoms with Crippen LogP contribution < -0.4 is 16.4 Å². The first-order chi connectivity index (χ1) is 6.18. The highest BCUT2D eigenvalue weighted by Crippen LogP contribution is 2.36. The van der Waals surface area contributed by atoms with Crippen molar-refractivity contribution in [1.29, 1.82) is 0 Å². The van der Waals surface area contributed by atoms with Crippen LogP contribution in [0, 0.1) is 0 Å². The second-order valence-electron chi connectivity index (χ2n) is 3.00. The molecule has 70 valence electrons. The number of anilines is 2. The number of nitrogens with one attached hydrogen (secondary N) is 2. The molecule has 1 saturated heterocycles. The zero-order chi connectivity index (χ0) is 9.42. The van der Waals surface area contributed by atoms with E-state index in [1.807, 2.05) is 0 Å². The third-order valence-electron chi connectivity index (χ3n) is 1.93.